The topological polar surface area (TPSA) is 53.6 Å². The molecule has 0 aliphatic carbocycles. The molecule has 2 rings (SSSR count). The van der Waals surface area contributed by atoms with Gasteiger partial charge >= 0.3 is 0 Å². The molecule has 1 heterocycles. The van der Waals surface area contributed by atoms with Crippen LogP contribution in [0.4, 0.5) is 0 Å². The lowest BCUT2D eigenvalue weighted by Gasteiger charge is -2.10. The van der Waals surface area contributed by atoms with Gasteiger partial charge in [-0.3, -0.25) is 0 Å². The highest BCUT2D eigenvalue weighted by Crippen LogP contribution is 2.19. The lowest BCUT2D eigenvalue weighted by molar-refractivity contribution is 0.639. The Morgan fingerprint density at radius 3 is 3.00 bits per heavy atom. The van der Waals surface area contributed by atoms with E-state index in [-0.39, 0.29) is 0 Å². The lowest BCUT2D eigenvalue weighted by Crippen LogP contribution is -2.16. The zero-order valence-corrected chi connectivity index (χ0v) is 11.5. The van der Waals surface area contributed by atoms with Crippen LogP contribution in [0.2, 0.25) is 5.02 Å². The fraction of sp³-hybridized carbons (Fsp3) is 0.286. The first kappa shape index (κ1) is 13.6. The van der Waals surface area contributed by atoms with Crippen molar-refractivity contribution >= 4 is 11.6 Å². The third kappa shape index (κ3) is 3.34. The molecule has 2 aromatic rings. The minimum absolute atomic E-state index is 0.576. The molecule has 0 saturated carbocycles. The third-order valence-electron chi connectivity index (χ3n) is 2.86. The minimum Gasteiger partial charge on any atom is -0.329 e. The molecule has 0 bridgehead atoms. The van der Waals surface area contributed by atoms with Gasteiger partial charge in [0, 0.05) is 17.4 Å². The van der Waals surface area contributed by atoms with Gasteiger partial charge in [-0.2, -0.15) is 5.26 Å². The number of hydrogen-bond donors (Lipinski definition) is 1. The Morgan fingerprint density at radius 1 is 1.47 bits per heavy atom. The van der Waals surface area contributed by atoms with Gasteiger partial charge < -0.3 is 9.88 Å². The molecule has 0 saturated heterocycles. The average Bonchev–Trinajstić information content (AvgIpc) is 2.86. The van der Waals surface area contributed by atoms with E-state index >= 15 is 0 Å². The molecule has 5 heteroatoms. The Morgan fingerprint density at radius 2 is 2.32 bits per heavy atom. The van der Waals surface area contributed by atoms with E-state index in [0.717, 1.165) is 24.5 Å². The number of rotatable bonds is 5. The molecule has 4 nitrogen and oxygen atoms in total. The fourth-order valence-electron chi connectivity index (χ4n) is 1.82. The van der Waals surface area contributed by atoms with Crippen LogP contribution in [0, 0.1) is 11.3 Å². The quantitative estimate of drug-likeness (QED) is 0.912. The molecule has 0 atom stereocenters. The van der Waals surface area contributed by atoms with Crippen molar-refractivity contribution in [1.82, 2.24) is 14.9 Å². The highest BCUT2D eigenvalue weighted by Gasteiger charge is 2.06. The highest BCUT2D eigenvalue weighted by molar-refractivity contribution is 6.31. The number of nitrogens with one attached hydrogen (secondary N) is 1. The molecule has 0 spiro atoms. The van der Waals surface area contributed by atoms with Crippen LogP contribution in [0.15, 0.2) is 30.6 Å². The molecule has 98 valence electrons. The molecular formula is C14H15ClN4. The Bertz CT molecular complexity index is 598. The smallest absolute Gasteiger partial charge is 0.122 e. The molecule has 0 unspecified atom stereocenters. The van der Waals surface area contributed by atoms with Crippen LogP contribution in [0.1, 0.15) is 23.9 Å². The molecular weight excluding hydrogens is 260 g/mol. The SMILES string of the molecule is CCNCc1nccn1Cc1ccc(C#N)cc1Cl. The number of aromatic nitrogens is 2. The van der Waals surface area contributed by atoms with E-state index in [2.05, 4.69) is 27.9 Å². The molecule has 1 aromatic heterocycles. The van der Waals surface area contributed by atoms with E-state index in [4.69, 9.17) is 16.9 Å². The Balaban J connectivity index is 2.17. The number of benzene rings is 1. The van der Waals surface area contributed by atoms with E-state index in [1.54, 1.807) is 18.3 Å². The van der Waals surface area contributed by atoms with Crippen molar-refractivity contribution in [2.24, 2.45) is 0 Å². The van der Waals surface area contributed by atoms with Crippen LogP contribution < -0.4 is 5.32 Å². The van der Waals surface area contributed by atoms with Crippen molar-refractivity contribution in [3.8, 4) is 6.07 Å². The van der Waals surface area contributed by atoms with Crippen molar-refractivity contribution in [3.05, 3.63) is 52.6 Å². The number of imidazole rings is 1. The number of nitrogens with zero attached hydrogens (tertiary/aromatic N) is 3. The highest BCUT2D eigenvalue weighted by atomic mass is 35.5. The first-order valence-corrected chi connectivity index (χ1v) is 6.51. The largest absolute Gasteiger partial charge is 0.329 e. The van der Waals surface area contributed by atoms with E-state index in [1.165, 1.54) is 0 Å². The minimum atomic E-state index is 0.576. The van der Waals surface area contributed by atoms with Crippen molar-refractivity contribution in [2.45, 2.75) is 20.0 Å². The summed E-state index contributed by atoms with van der Waals surface area (Å²) in [6, 6.07) is 7.44. The number of halogens is 1. The van der Waals surface area contributed by atoms with Gasteiger partial charge in [0.25, 0.3) is 0 Å². The Kier molecular flexibility index (Phi) is 4.56. The summed E-state index contributed by atoms with van der Waals surface area (Å²) in [5.41, 5.74) is 1.56. The van der Waals surface area contributed by atoms with Gasteiger partial charge in [0.1, 0.15) is 5.82 Å². The molecule has 1 N–H and O–H groups in total. The second-order valence-electron chi connectivity index (χ2n) is 4.17. The molecule has 0 radical (unpaired) electrons. The van der Waals surface area contributed by atoms with Crippen molar-refractivity contribution in [2.75, 3.05) is 6.54 Å². The molecule has 0 fully saturated rings. The zero-order chi connectivity index (χ0) is 13.7. The molecule has 0 aliphatic rings. The van der Waals surface area contributed by atoms with E-state index in [9.17, 15) is 0 Å². The molecule has 1 aromatic carbocycles. The maximum absolute atomic E-state index is 8.82. The Labute approximate surface area is 117 Å². The maximum atomic E-state index is 8.82. The summed E-state index contributed by atoms with van der Waals surface area (Å²) in [7, 11) is 0. The van der Waals surface area contributed by atoms with Crippen LogP contribution >= 0.6 is 11.6 Å². The first-order chi connectivity index (χ1) is 9.24. The summed E-state index contributed by atoms with van der Waals surface area (Å²) in [5, 5.41) is 12.7. The van der Waals surface area contributed by atoms with Crippen LogP contribution in [-0.2, 0) is 13.1 Å². The predicted octanol–water partition coefficient (Wildman–Crippen LogP) is 2.57. The normalized spacial score (nSPS) is 10.4. The van der Waals surface area contributed by atoms with E-state index in [0.29, 0.717) is 17.1 Å². The van der Waals surface area contributed by atoms with Gasteiger partial charge in [-0.05, 0) is 24.2 Å². The predicted molar refractivity (Wildman–Crippen MR) is 74.9 cm³/mol. The maximum Gasteiger partial charge on any atom is 0.122 e. The summed E-state index contributed by atoms with van der Waals surface area (Å²) in [4.78, 5) is 4.32. The fourth-order valence-corrected chi connectivity index (χ4v) is 2.06. The third-order valence-corrected chi connectivity index (χ3v) is 3.21. The second kappa shape index (κ2) is 6.37. The number of hydrogen-bond acceptors (Lipinski definition) is 3. The molecule has 0 amide bonds. The first-order valence-electron chi connectivity index (χ1n) is 6.14. The standard InChI is InChI=1S/C14H15ClN4/c1-2-17-9-14-18-5-6-19(14)10-12-4-3-11(8-16)7-13(12)15/h3-7,17H,2,9-10H2,1H3. The van der Waals surface area contributed by atoms with Crippen molar-refractivity contribution < 1.29 is 0 Å². The van der Waals surface area contributed by atoms with Crippen LogP contribution in [0.5, 0.6) is 0 Å². The van der Waals surface area contributed by atoms with E-state index in [1.807, 2.05) is 12.3 Å². The van der Waals surface area contributed by atoms with Crippen LogP contribution in [0.3, 0.4) is 0 Å². The second-order valence-corrected chi connectivity index (χ2v) is 4.58. The van der Waals surface area contributed by atoms with Crippen molar-refractivity contribution in [3.63, 3.8) is 0 Å². The Hall–Kier alpha value is -1.83. The molecule has 0 aliphatic heterocycles. The van der Waals surface area contributed by atoms with Gasteiger partial charge in [-0.1, -0.05) is 24.6 Å². The van der Waals surface area contributed by atoms with Gasteiger partial charge in [-0.15, -0.1) is 0 Å². The zero-order valence-electron chi connectivity index (χ0n) is 10.7. The summed E-state index contributed by atoms with van der Waals surface area (Å²) in [6.45, 7) is 4.36. The summed E-state index contributed by atoms with van der Waals surface area (Å²) < 4.78 is 2.05. The van der Waals surface area contributed by atoms with E-state index < -0.39 is 0 Å². The van der Waals surface area contributed by atoms with Gasteiger partial charge in [-0.25, -0.2) is 4.98 Å². The average molecular weight is 275 g/mol. The monoisotopic (exact) mass is 274 g/mol. The van der Waals surface area contributed by atoms with Gasteiger partial charge in [0.15, 0.2) is 0 Å². The summed E-state index contributed by atoms with van der Waals surface area (Å²) >= 11 is 6.18. The van der Waals surface area contributed by atoms with Gasteiger partial charge in [0.2, 0.25) is 0 Å². The van der Waals surface area contributed by atoms with Crippen LogP contribution in [-0.4, -0.2) is 16.1 Å². The van der Waals surface area contributed by atoms with Crippen molar-refractivity contribution in [1.29, 1.82) is 5.26 Å². The van der Waals surface area contributed by atoms with Crippen LogP contribution in [0.25, 0.3) is 0 Å². The number of nitriles is 1. The lowest BCUT2D eigenvalue weighted by atomic mass is 10.1. The van der Waals surface area contributed by atoms with Gasteiger partial charge in [0.05, 0.1) is 24.7 Å². The molecule has 19 heavy (non-hydrogen) atoms. The summed E-state index contributed by atoms with van der Waals surface area (Å²) in [5.74, 6) is 0.974. The summed E-state index contributed by atoms with van der Waals surface area (Å²) in [6.07, 6.45) is 3.71.